The summed E-state index contributed by atoms with van der Waals surface area (Å²) >= 11 is 0. The molecule has 1 N–H and O–H groups in total. The number of carboxylic acids is 1. The van der Waals surface area contributed by atoms with Crippen molar-refractivity contribution in [1.29, 1.82) is 0 Å². The third-order valence-electron chi connectivity index (χ3n) is 1.81. The molecule has 0 aromatic rings. The second-order valence-corrected chi connectivity index (χ2v) is 2.93. The van der Waals surface area contributed by atoms with E-state index >= 15 is 0 Å². The second-order valence-electron chi connectivity index (χ2n) is 2.93. The molecule has 0 aliphatic heterocycles. The summed E-state index contributed by atoms with van der Waals surface area (Å²) in [5.74, 6) is -1.59. The molecule has 1 aliphatic rings. The van der Waals surface area contributed by atoms with Gasteiger partial charge < -0.3 is 9.84 Å². The van der Waals surface area contributed by atoms with Crippen LogP contribution in [0.25, 0.3) is 0 Å². The first-order valence-electron chi connectivity index (χ1n) is 4.26. The molecule has 0 heterocycles. The van der Waals surface area contributed by atoms with Crippen molar-refractivity contribution in [2.75, 3.05) is 6.61 Å². The van der Waals surface area contributed by atoms with E-state index in [-0.39, 0.29) is 17.3 Å². The van der Waals surface area contributed by atoms with E-state index in [9.17, 15) is 9.59 Å². The fourth-order valence-electron chi connectivity index (χ4n) is 0.946. The lowest BCUT2D eigenvalue weighted by molar-refractivity contribution is -0.135. The second kappa shape index (κ2) is 4.07. The van der Waals surface area contributed by atoms with Gasteiger partial charge in [-0.15, -0.1) is 0 Å². The average Bonchev–Trinajstić information content (AvgIpc) is 2.86. The Balaban J connectivity index is 2.65. The SMILES string of the molecule is CCO/C=C(/C(=O)O)C(=O)C1CC1. The van der Waals surface area contributed by atoms with Crippen LogP contribution in [0.1, 0.15) is 19.8 Å². The quantitative estimate of drug-likeness (QED) is 0.299. The van der Waals surface area contributed by atoms with Crippen molar-refractivity contribution in [3.8, 4) is 0 Å². The molecule has 0 atom stereocenters. The van der Waals surface area contributed by atoms with Gasteiger partial charge in [0.25, 0.3) is 0 Å². The minimum atomic E-state index is -1.20. The van der Waals surface area contributed by atoms with Crippen molar-refractivity contribution < 1.29 is 19.4 Å². The molecule has 0 amide bonds. The number of hydrogen-bond acceptors (Lipinski definition) is 3. The van der Waals surface area contributed by atoms with E-state index in [4.69, 9.17) is 9.84 Å². The zero-order valence-corrected chi connectivity index (χ0v) is 7.45. The third kappa shape index (κ3) is 2.57. The van der Waals surface area contributed by atoms with Crippen molar-refractivity contribution in [2.45, 2.75) is 19.8 Å². The molecule has 0 saturated heterocycles. The lowest BCUT2D eigenvalue weighted by Gasteiger charge is -2.00. The van der Waals surface area contributed by atoms with Crippen LogP contribution in [0.15, 0.2) is 11.8 Å². The Morgan fingerprint density at radius 1 is 1.54 bits per heavy atom. The molecule has 1 fully saturated rings. The summed E-state index contributed by atoms with van der Waals surface area (Å²) in [7, 11) is 0. The van der Waals surface area contributed by atoms with Gasteiger partial charge >= 0.3 is 5.97 Å². The van der Waals surface area contributed by atoms with Crippen LogP contribution in [0.2, 0.25) is 0 Å². The van der Waals surface area contributed by atoms with Gasteiger partial charge in [-0.1, -0.05) is 0 Å². The molecule has 0 unspecified atom stereocenters. The normalized spacial score (nSPS) is 16.8. The van der Waals surface area contributed by atoms with Gasteiger partial charge in [0.1, 0.15) is 11.8 Å². The zero-order chi connectivity index (χ0) is 9.84. The van der Waals surface area contributed by atoms with Gasteiger partial charge in [-0.05, 0) is 19.8 Å². The maximum absolute atomic E-state index is 11.3. The van der Waals surface area contributed by atoms with Crippen molar-refractivity contribution in [3.63, 3.8) is 0 Å². The Bertz CT molecular complexity index is 250. The van der Waals surface area contributed by atoms with Crippen LogP contribution in [0.3, 0.4) is 0 Å². The maximum atomic E-state index is 11.3. The van der Waals surface area contributed by atoms with E-state index in [0.717, 1.165) is 19.1 Å². The molecule has 0 aromatic heterocycles. The van der Waals surface area contributed by atoms with E-state index in [0.29, 0.717) is 6.61 Å². The summed E-state index contributed by atoms with van der Waals surface area (Å²) in [6, 6.07) is 0. The van der Waals surface area contributed by atoms with E-state index < -0.39 is 5.97 Å². The number of rotatable bonds is 5. The number of hydrogen-bond donors (Lipinski definition) is 1. The van der Waals surface area contributed by atoms with Gasteiger partial charge in [0.15, 0.2) is 5.78 Å². The molecule has 0 aromatic carbocycles. The Labute approximate surface area is 76.2 Å². The predicted octanol–water partition coefficient (Wildman–Crippen LogP) is 0.970. The number of carboxylic acid groups (broad SMARTS) is 1. The molecular formula is C9H12O4. The van der Waals surface area contributed by atoms with Gasteiger partial charge in [0, 0.05) is 5.92 Å². The lowest BCUT2D eigenvalue weighted by Crippen LogP contribution is -2.14. The Kier molecular flexibility index (Phi) is 3.06. The maximum Gasteiger partial charge on any atom is 0.342 e. The highest BCUT2D eigenvalue weighted by atomic mass is 16.5. The molecule has 0 bridgehead atoms. The standard InChI is InChI=1S/C9H12O4/c1-2-13-5-7(9(11)12)8(10)6-3-4-6/h5-6H,2-4H2,1H3,(H,11,12)/b7-5+. The third-order valence-corrected chi connectivity index (χ3v) is 1.81. The average molecular weight is 184 g/mol. The van der Waals surface area contributed by atoms with Crippen LogP contribution in [0.4, 0.5) is 0 Å². The minimum Gasteiger partial charge on any atom is -0.500 e. The highest BCUT2D eigenvalue weighted by Crippen LogP contribution is 2.32. The summed E-state index contributed by atoms with van der Waals surface area (Å²) in [5.41, 5.74) is -0.232. The molecule has 1 aliphatic carbocycles. The van der Waals surface area contributed by atoms with Crippen LogP contribution in [0, 0.1) is 5.92 Å². The predicted molar refractivity (Wildman–Crippen MR) is 45.1 cm³/mol. The lowest BCUT2D eigenvalue weighted by atomic mass is 10.1. The minimum absolute atomic E-state index is 0.0807. The highest BCUT2D eigenvalue weighted by molar-refractivity contribution is 6.17. The van der Waals surface area contributed by atoms with Crippen molar-refractivity contribution in [2.24, 2.45) is 5.92 Å². The molecular weight excluding hydrogens is 172 g/mol. The monoisotopic (exact) mass is 184 g/mol. The number of Topliss-reactive ketones (excluding diaryl/α,β-unsaturated/α-hetero) is 1. The van der Waals surface area contributed by atoms with Gasteiger partial charge in [-0.2, -0.15) is 0 Å². The van der Waals surface area contributed by atoms with Gasteiger partial charge in [0.2, 0.25) is 0 Å². The Morgan fingerprint density at radius 2 is 2.15 bits per heavy atom. The molecule has 72 valence electrons. The molecule has 0 radical (unpaired) electrons. The van der Waals surface area contributed by atoms with Crippen LogP contribution in [-0.4, -0.2) is 23.5 Å². The fraction of sp³-hybridized carbons (Fsp3) is 0.556. The molecule has 1 rings (SSSR count). The van der Waals surface area contributed by atoms with E-state index in [1.54, 1.807) is 6.92 Å². The van der Waals surface area contributed by atoms with E-state index in [1.165, 1.54) is 0 Å². The molecule has 1 saturated carbocycles. The fourth-order valence-corrected chi connectivity index (χ4v) is 0.946. The van der Waals surface area contributed by atoms with Gasteiger partial charge in [-0.3, -0.25) is 4.79 Å². The summed E-state index contributed by atoms with van der Waals surface area (Å²) in [6.45, 7) is 2.10. The number of carbonyl (C=O) groups is 2. The zero-order valence-electron chi connectivity index (χ0n) is 7.45. The molecule has 4 heteroatoms. The number of ketones is 1. The smallest absolute Gasteiger partial charge is 0.342 e. The van der Waals surface area contributed by atoms with Crippen LogP contribution in [-0.2, 0) is 14.3 Å². The van der Waals surface area contributed by atoms with Crippen LogP contribution in [0.5, 0.6) is 0 Å². The number of carbonyl (C=O) groups excluding carboxylic acids is 1. The summed E-state index contributed by atoms with van der Waals surface area (Å²) in [4.78, 5) is 21.9. The number of aliphatic carboxylic acids is 1. The largest absolute Gasteiger partial charge is 0.500 e. The van der Waals surface area contributed by atoms with Crippen LogP contribution >= 0.6 is 0 Å². The first-order valence-corrected chi connectivity index (χ1v) is 4.26. The Morgan fingerprint density at radius 3 is 2.54 bits per heavy atom. The first-order chi connectivity index (χ1) is 6.16. The van der Waals surface area contributed by atoms with Crippen molar-refractivity contribution in [3.05, 3.63) is 11.8 Å². The molecule has 0 spiro atoms. The summed E-state index contributed by atoms with van der Waals surface area (Å²) < 4.78 is 4.79. The van der Waals surface area contributed by atoms with Crippen molar-refractivity contribution in [1.82, 2.24) is 0 Å². The van der Waals surface area contributed by atoms with Gasteiger partial charge in [-0.25, -0.2) is 4.79 Å². The number of ether oxygens (including phenoxy) is 1. The summed E-state index contributed by atoms with van der Waals surface area (Å²) in [5, 5.41) is 8.68. The Hall–Kier alpha value is -1.32. The molecule has 13 heavy (non-hydrogen) atoms. The highest BCUT2D eigenvalue weighted by Gasteiger charge is 2.34. The van der Waals surface area contributed by atoms with E-state index in [1.807, 2.05) is 0 Å². The van der Waals surface area contributed by atoms with Crippen molar-refractivity contribution >= 4 is 11.8 Å². The van der Waals surface area contributed by atoms with Crippen LogP contribution < -0.4 is 0 Å². The first kappa shape index (κ1) is 9.77. The topological polar surface area (TPSA) is 63.6 Å². The van der Waals surface area contributed by atoms with E-state index in [2.05, 4.69) is 0 Å². The molecule has 4 nitrogen and oxygen atoms in total. The summed E-state index contributed by atoms with van der Waals surface area (Å²) in [6.07, 6.45) is 2.65. The van der Waals surface area contributed by atoms with Gasteiger partial charge in [0.05, 0.1) is 6.61 Å².